The first-order chi connectivity index (χ1) is 7.95. The number of esters is 1. The Kier molecular flexibility index (Phi) is 4.80. The maximum atomic E-state index is 12.6. The Balaban J connectivity index is 2.99. The number of anilines is 1. The van der Waals surface area contributed by atoms with E-state index in [1.165, 1.54) is 0 Å². The Bertz CT molecular complexity index is 427. The number of aromatic nitrogens is 1. The van der Waals surface area contributed by atoms with Gasteiger partial charge in [-0.2, -0.15) is 0 Å². The fraction of sp³-hybridized carbons (Fsp3) is 0.400. The van der Waals surface area contributed by atoms with E-state index in [9.17, 15) is 13.6 Å². The van der Waals surface area contributed by atoms with Crippen LogP contribution in [0.3, 0.4) is 0 Å². The Morgan fingerprint density at radius 1 is 1.65 bits per heavy atom. The monoisotopic (exact) mass is 308 g/mol. The van der Waals surface area contributed by atoms with E-state index in [0.29, 0.717) is 5.56 Å². The summed E-state index contributed by atoms with van der Waals surface area (Å²) in [7, 11) is 0. The van der Waals surface area contributed by atoms with E-state index in [4.69, 9.17) is 10.5 Å². The van der Waals surface area contributed by atoms with Crippen LogP contribution in [0.1, 0.15) is 24.5 Å². The molecule has 2 N–H and O–H groups in total. The van der Waals surface area contributed by atoms with E-state index in [-0.39, 0.29) is 29.0 Å². The number of carbonyl (C=O) groups is 1. The first-order valence-electron chi connectivity index (χ1n) is 4.84. The molecule has 1 aromatic rings. The molecule has 4 nitrogen and oxygen atoms in total. The highest BCUT2D eigenvalue weighted by atomic mass is 79.9. The number of ether oxygens (including phenoxy) is 1. The number of carbonyl (C=O) groups excluding carboxylic acids is 1. The van der Waals surface area contributed by atoms with Gasteiger partial charge in [-0.3, -0.25) is 4.79 Å². The zero-order valence-corrected chi connectivity index (χ0v) is 10.6. The Labute approximate surface area is 105 Å². The zero-order valence-electron chi connectivity index (χ0n) is 9.04. The van der Waals surface area contributed by atoms with Crippen LogP contribution in [0.5, 0.6) is 0 Å². The molecule has 1 aromatic heterocycles. The fourth-order valence-corrected chi connectivity index (χ4v) is 1.68. The second kappa shape index (κ2) is 5.90. The van der Waals surface area contributed by atoms with Crippen LogP contribution in [0.15, 0.2) is 10.7 Å². The summed E-state index contributed by atoms with van der Waals surface area (Å²) in [6, 6.07) is 1.16. The lowest BCUT2D eigenvalue weighted by Crippen LogP contribution is -2.10. The van der Waals surface area contributed by atoms with Crippen molar-refractivity contribution in [2.75, 3.05) is 12.3 Å². The average Bonchev–Trinajstić information content (AvgIpc) is 2.21. The number of nitrogens with two attached hydrogens (primary N) is 1. The van der Waals surface area contributed by atoms with Gasteiger partial charge in [0, 0.05) is 0 Å². The molecule has 0 bridgehead atoms. The molecule has 0 aliphatic rings. The number of hydrogen-bond acceptors (Lipinski definition) is 4. The topological polar surface area (TPSA) is 65.2 Å². The van der Waals surface area contributed by atoms with Crippen LogP contribution in [0.4, 0.5) is 14.6 Å². The van der Waals surface area contributed by atoms with Crippen LogP contribution in [0.25, 0.3) is 0 Å². The summed E-state index contributed by atoms with van der Waals surface area (Å²) in [5.74, 6) is -0.750. The van der Waals surface area contributed by atoms with Gasteiger partial charge in [0.25, 0.3) is 6.43 Å². The molecular weight excluding hydrogens is 298 g/mol. The van der Waals surface area contributed by atoms with Crippen LogP contribution in [-0.2, 0) is 16.0 Å². The van der Waals surface area contributed by atoms with Crippen LogP contribution in [-0.4, -0.2) is 17.6 Å². The van der Waals surface area contributed by atoms with Crippen molar-refractivity contribution in [3.8, 4) is 0 Å². The second-order valence-corrected chi connectivity index (χ2v) is 3.95. The number of rotatable bonds is 4. The summed E-state index contributed by atoms with van der Waals surface area (Å²) < 4.78 is 30.1. The quantitative estimate of drug-likeness (QED) is 0.685. The Hall–Kier alpha value is -1.24. The van der Waals surface area contributed by atoms with Gasteiger partial charge >= 0.3 is 5.97 Å². The molecule has 0 aliphatic heterocycles. The van der Waals surface area contributed by atoms with Crippen molar-refractivity contribution in [3.63, 3.8) is 0 Å². The van der Waals surface area contributed by atoms with Crippen LogP contribution >= 0.6 is 15.9 Å². The predicted molar refractivity (Wildman–Crippen MR) is 61.6 cm³/mol. The molecule has 0 atom stereocenters. The van der Waals surface area contributed by atoms with Gasteiger partial charge in [-0.15, -0.1) is 0 Å². The molecule has 17 heavy (non-hydrogen) atoms. The van der Waals surface area contributed by atoms with E-state index in [1.54, 1.807) is 6.92 Å². The zero-order chi connectivity index (χ0) is 13.0. The van der Waals surface area contributed by atoms with Crippen LogP contribution < -0.4 is 5.73 Å². The molecule has 0 spiro atoms. The molecule has 0 saturated heterocycles. The van der Waals surface area contributed by atoms with Crippen LogP contribution in [0.2, 0.25) is 0 Å². The fourth-order valence-electron chi connectivity index (χ4n) is 1.23. The molecular formula is C10H11BrF2N2O2. The lowest BCUT2D eigenvalue weighted by Gasteiger charge is -2.09. The largest absolute Gasteiger partial charge is 0.466 e. The highest BCUT2D eigenvalue weighted by Crippen LogP contribution is 2.28. The SMILES string of the molecule is CCOC(=O)Cc1cc(C(F)F)c(N)nc1Br. The normalized spacial score (nSPS) is 10.6. The number of alkyl halides is 2. The average molecular weight is 309 g/mol. The van der Waals surface area contributed by atoms with E-state index < -0.39 is 12.4 Å². The number of halogens is 3. The Morgan fingerprint density at radius 2 is 2.29 bits per heavy atom. The molecule has 0 aromatic carbocycles. The smallest absolute Gasteiger partial charge is 0.310 e. The minimum absolute atomic E-state index is 0.124. The van der Waals surface area contributed by atoms with E-state index in [2.05, 4.69) is 20.9 Å². The summed E-state index contributed by atoms with van der Waals surface area (Å²) in [6.07, 6.45) is -2.85. The molecule has 0 amide bonds. The molecule has 0 radical (unpaired) electrons. The van der Waals surface area contributed by atoms with E-state index in [1.807, 2.05) is 0 Å². The number of pyridine rings is 1. The maximum absolute atomic E-state index is 12.6. The van der Waals surface area contributed by atoms with Gasteiger partial charge in [0.15, 0.2) is 0 Å². The van der Waals surface area contributed by atoms with Gasteiger partial charge in [-0.05, 0) is 34.5 Å². The van der Waals surface area contributed by atoms with Crippen molar-refractivity contribution in [2.45, 2.75) is 19.8 Å². The van der Waals surface area contributed by atoms with Gasteiger partial charge in [0.2, 0.25) is 0 Å². The highest BCUT2D eigenvalue weighted by molar-refractivity contribution is 9.10. The van der Waals surface area contributed by atoms with Gasteiger partial charge < -0.3 is 10.5 Å². The molecule has 1 heterocycles. The molecule has 7 heteroatoms. The van der Waals surface area contributed by atoms with Crippen molar-refractivity contribution in [1.82, 2.24) is 4.98 Å². The van der Waals surface area contributed by atoms with Crippen molar-refractivity contribution in [3.05, 3.63) is 21.8 Å². The molecule has 0 aliphatic carbocycles. The highest BCUT2D eigenvalue weighted by Gasteiger charge is 2.17. The molecule has 0 saturated carbocycles. The van der Waals surface area contributed by atoms with Crippen molar-refractivity contribution < 1.29 is 18.3 Å². The summed E-state index contributed by atoms with van der Waals surface area (Å²) in [5.41, 5.74) is 5.29. The lowest BCUT2D eigenvalue weighted by atomic mass is 10.1. The van der Waals surface area contributed by atoms with E-state index >= 15 is 0 Å². The first-order valence-corrected chi connectivity index (χ1v) is 5.63. The van der Waals surface area contributed by atoms with Gasteiger partial charge in [-0.25, -0.2) is 13.8 Å². The van der Waals surface area contributed by atoms with Gasteiger partial charge in [0.1, 0.15) is 10.4 Å². The van der Waals surface area contributed by atoms with Crippen molar-refractivity contribution >= 4 is 27.7 Å². The van der Waals surface area contributed by atoms with Gasteiger partial charge in [-0.1, -0.05) is 0 Å². The summed E-state index contributed by atoms with van der Waals surface area (Å²) in [5, 5.41) is 0. The summed E-state index contributed by atoms with van der Waals surface area (Å²) in [4.78, 5) is 15.0. The standard InChI is InChI=1S/C10H11BrF2N2O2/c1-2-17-7(16)4-5-3-6(9(12)13)10(14)15-8(5)11/h3,9H,2,4H2,1H3,(H2,14,15). The molecule has 0 unspecified atom stereocenters. The molecule has 1 rings (SSSR count). The maximum Gasteiger partial charge on any atom is 0.310 e. The van der Waals surface area contributed by atoms with Crippen molar-refractivity contribution in [1.29, 1.82) is 0 Å². The summed E-state index contributed by atoms with van der Waals surface area (Å²) in [6.45, 7) is 1.90. The number of nitrogen functional groups attached to an aromatic ring is 1. The van der Waals surface area contributed by atoms with Crippen LogP contribution in [0, 0.1) is 0 Å². The predicted octanol–water partition coefficient (Wildman–Crippen LogP) is 2.47. The van der Waals surface area contributed by atoms with E-state index in [0.717, 1.165) is 6.07 Å². The van der Waals surface area contributed by atoms with Crippen molar-refractivity contribution in [2.24, 2.45) is 0 Å². The minimum Gasteiger partial charge on any atom is -0.466 e. The third-order valence-electron chi connectivity index (χ3n) is 1.98. The number of hydrogen-bond donors (Lipinski definition) is 1. The third-order valence-corrected chi connectivity index (χ3v) is 2.67. The number of nitrogens with zero attached hydrogens (tertiary/aromatic N) is 1. The second-order valence-electron chi connectivity index (χ2n) is 3.20. The van der Waals surface area contributed by atoms with Gasteiger partial charge in [0.05, 0.1) is 18.6 Å². The summed E-state index contributed by atoms with van der Waals surface area (Å²) >= 11 is 3.07. The molecule has 0 fully saturated rings. The first kappa shape index (κ1) is 13.8. The minimum atomic E-state index is -2.73. The third kappa shape index (κ3) is 3.62. The molecule has 94 valence electrons. The lowest BCUT2D eigenvalue weighted by molar-refractivity contribution is -0.142. The Morgan fingerprint density at radius 3 is 2.82 bits per heavy atom.